The monoisotopic (exact) mass is 661 g/mol. The molecule has 1 aromatic heterocycles. The van der Waals surface area contributed by atoms with Crippen molar-refractivity contribution in [2.45, 2.75) is 126 Å². The Bertz CT molecular complexity index is 1240. The molecule has 3 atom stereocenters. The first-order valence-electron chi connectivity index (χ1n) is 15.5. The quantitative estimate of drug-likeness (QED) is 0.0952. The van der Waals surface area contributed by atoms with E-state index in [0.29, 0.717) is 12.2 Å². The van der Waals surface area contributed by atoms with Gasteiger partial charge in [-0.05, 0) is 79.7 Å². The highest BCUT2D eigenvalue weighted by Gasteiger charge is 2.22. The van der Waals surface area contributed by atoms with Crippen molar-refractivity contribution in [2.24, 2.45) is 10.7 Å². The van der Waals surface area contributed by atoms with E-state index in [1.165, 1.54) is 37.8 Å². The van der Waals surface area contributed by atoms with Crippen molar-refractivity contribution >= 4 is 26.5 Å². The number of aryl methyl sites for hydroxylation is 1. The highest BCUT2D eigenvalue weighted by molar-refractivity contribution is 7.98. The van der Waals surface area contributed by atoms with Crippen molar-refractivity contribution in [3.05, 3.63) is 76.3 Å². The van der Waals surface area contributed by atoms with Crippen LogP contribution in [-0.4, -0.2) is 44.6 Å². The highest BCUT2D eigenvalue weighted by Crippen LogP contribution is 2.31. The van der Waals surface area contributed by atoms with Crippen molar-refractivity contribution in [3.63, 3.8) is 0 Å². The van der Waals surface area contributed by atoms with Crippen LogP contribution in [0.5, 0.6) is 0 Å². The number of nitrogens with zero attached hydrogens (tertiary/aromatic N) is 2. The van der Waals surface area contributed by atoms with Crippen molar-refractivity contribution < 1.29 is 19.5 Å². The van der Waals surface area contributed by atoms with Crippen LogP contribution in [0.4, 0.5) is 0 Å². The molecule has 1 aromatic carbocycles. The third-order valence-electron chi connectivity index (χ3n) is 6.64. The topological polar surface area (TPSA) is 114 Å². The van der Waals surface area contributed by atoms with Crippen molar-refractivity contribution in [1.82, 2.24) is 5.16 Å². The van der Waals surface area contributed by atoms with Gasteiger partial charge in [-0.25, -0.2) is 0 Å². The minimum absolute atomic E-state index is 0. The van der Waals surface area contributed by atoms with Gasteiger partial charge in [0.05, 0.1) is 17.9 Å². The van der Waals surface area contributed by atoms with Gasteiger partial charge in [0, 0.05) is 45.1 Å². The van der Waals surface area contributed by atoms with Gasteiger partial charge in [-0.3, -0.25) is 4.99 Å². The van der Waals surface area contributed by atoms with E-state index < -0.39 is 5.79 Å². The lowest BCUT2D eigenvalue weighted by molar-refractivity contribution is -0.127. The van der Waals surface area contributed by atoms with Gasteiger partial charge in [-0.1, -0.05) is 84.6 Å². The Morgan fingerprint density at radius 2 is 1.78 bits per heavy atom. The molecule has 1 aliphatic rings. The standard InChI is InChI=1S/C17H21NO2S.C15H27N2P.C3H8O2.CH4/c1-12-8-9-15(19-12)10-21-11-16-13(2)18-20-17(16)14-6-4-3-5-7-14;1-6-8-9-10-14(12(4)17-13(5)18)15(16)11(3)7-2;1-3(2,4)5;/h3-7,12,15H,8-11H2,1-2H3;9-10H,6-8,16,18H2,1-5H3;4-5H,1-2H3;1H4/b;10-9-,14-12-,15-11-,17-13?;;. The number of unbranched alkanes of at least 4 members (excludes halogenated alkanes) is 1. The fourth-order valence-electron chi connectivity index (χ4n) is 4.19. The normalized spacial score (nSPS) is 17.8. The van der Waals surface area contributed by atoms with Crippen LogP contribution in [0.15, 0.2) is 74.5 Å². The average Bonchev–Trinajstić information content (AvgIpc) is 3.54. The number of hydrogen-bond acceptors (Lipinski definition) is 8. The van der Waals surface area contributed by atoms with Gasteiger partial charge >= 0.3 is 0 Å². The molecule has 2 aromatic rings. The number of benzene rings is 1. The van der Waals surface area contributed by atoms with Gasteiger partial charge in [0.2, 0.25) is 0 Å². The van der Waals surface area contributed by atoms with E-state index >= 15 is 0 Å². The Morgan fingerprint density at radius 1 is 1.16 bits per heavy atom. The molecule has 1 aliphatic heterocycles. The summed E-state index contributed by atoms with van der Waals surface area (Å²) in [6.07, 6.45) is 10.7. The molecule has 3 rings (SSSR count). The fraction of sp³-hybridized carbons (Fsp3) is 0.556. The summed E-state index contributed by atoms with van der Waals surface area (Å²) in [5, 5.41) is 20.3. The molecule has 0 radical (unpaired) electrons. The summed E-state index contributed by atoms with van der Waals surface area (Å²) in [5.41, 5.74) is 14.6. The minimum atomic E-state index is -1.50. The molecule has 45 heavy (non-hydrogen) atoms. The van der Waals surface area contributed by atoms with E-state index in [0.717, 1.165) is 70.2 Å². The van der Waals surface area contributed by atoms with Crippen LogP contribution in [0.1, 0.15) is 106 Å². The molecule has 9 heteroatoms. The molecule has 0 aliphatic carbocycles. The molecular formula is C36H60N3O4PS. The number of allylic oxidation sites excluding steroid dienone is 4. The Balaban J connectivity index is 0.000000743. The van der Waals surface area contributed by atoms with E-state index in [4.69, 9.17) is 25.2 Å². The van der Waals surface area contributed by atoms with Crippen molar-refractivity contribution in [3.8, 4) is 11.3 Å². The molecule has 7 nitrogen and oxygen atoms in total. The van der Waals surface area contributed by atoms with E-state index in [1.807, 2.05) is 50.7 Å². The number of aliphatic imine (C=N–C) groups is 1. The zero-order valence-corrected chi connectivity index (χ0v) is 30.3. The summed E-state index contributed by atoms with van der Waals surface area (Å²) in [7, 11) is 2.61. The van der Waals surface area contributed by atoms with Gasteiger partial charge in [-0.15, -0.1) is 0 Å². The number of aliphatic hydroxyl groups is 2. The largest absolute Gasteiger partial charge is 0.398 e. The summed E-state index contributed by atoms with van der Waals surface area (Å²) in [6, 6.07) is 10.2. The summed E-state index contributed by atoms with van der Waals surface area (Å²) in [6.45, 7) is 17.1. The Morgan fingerprint density at radius 3 is 2.29 bits per heavy atom. The zero-order chi connectivity index (χ0) is 33.3. The van der Waals surface area contributed by atoms with Gasteiger partial charge in [-0.2, -0.15) is 11.8 Å². The lowest BCUT2D eigenvalue weighted by Gasteiger charge is -2.10. The minimum Gasteiger partial charge on any atom is -0.398 e. The van der Waals surface area contributed by atoms with E-state index in [-0.39, 0.29) is 7.43 Å². The maximum Gasteiger partial charge on any atom is 0.171 e. The maximum atomic E-state index is 8.08. The van der Waals surface area contributed by atoms with E-state index in [2.05, 4.69) is 71.4 Å². The lowest BCUT2D eigenvalue weighted by Crippen LogP contribution is -2.15. The Labute approximate surface area is 280 Å². The van der Waals surface area contributed by atoms with Crippen molar-refractivity contribution in [1.29, 1.82) is 0 Å². The smallest absolute Gasteiger partial charge is 0.171 e. The van der Waals surface area contributed by atoms with Crippen molar-refractivity contribution in [2.75, 3.05) is 5.75 Å². The molecular weight excluding hydrogens is 601 g/mol. The average molecular weight is 662 g/mol. The highest BCUT2D eigenvalue weighted by atomic mass is 32.2. The molecule has 4 N–H and O–H groups in total. The second-order valence-electron chi connectivity index (χ2n) is 11.6. The molecule has 0 saturated carbocycles. The van der Waals surface area contributed by atoms with Gasteiger partial charge in [0.1, 0.15) is 0 Å². The van der Waals surface area contributed by atoms with Gasteiger partial charge in [0.15, 0.2) is 11.5 Å². The Kier molecular flexibility index (Phi) is 21.2. The van der Waals surface area contributed by atoms with Crippen LogP contribution in [0, 0.1) is 6.92 Å². The number of aromatic nitrogens is 1. The first-order chi connectivity index (χ1) is 20.7. The molecule has 0 amide bonds. The second-order valence-corrected chi connectivity index (χ2v) is 13.5. The molecule has 0 bridgehead atoms. The van der Waals surface area contributed by atoms with Gasteiger partial charge in [0.25, 0.3) is 0 Å². The predicted molar refractivity (Wildman–Crippen MR) is 198 cm³/mol. The van der Waals surface area contributed by atoms with Crippen LogP contribution < -0.4 is 5.73 Å². The van der Waals surface area contributed by atoms with Crippen LogP contribution in [0.25, 0.3) is 11.3 Å². The Hall–Kier alpha value is -2.22. The molecule has 1 saturated heterocycles. The summed E-state index contributed by atoms with van der Waals surface area (Å²) < 4.78 is 11.4. The zero-order valence-electron chi connectivity index (χ0n) is 28.3. The molecule has 254 valence electrons. The first kappa shape index (κ1) is 42.8. The van der Waals surface area contributed by atoms with Gasteiger partial charge < -0.3 is 25.2 Å². The number of ether oxygens (including phenoxy) is 1. The lowest BCUT2D eigenvalue weighted by atomic mass is 10.0. The van der Waals surface area contributed by atoms with Crippen LogP contribution in [0.2, 0.25) is 0 Å². The SMILES string of the molecule is C.CC(C)(O)O.CCC\C=C/C(=C(\C)N=C(C)P)C(/N)=C(\C)CC.Cc1noc(-c2ccccc2)c1CSCC1CCC(C)O1. The number of hydrogen-bond donors (Lipinski definition) is 3. The molecule has 0 spiro atoms. The molecule has 2 heterocycles. The fourth-order valence-corrected chi connectivity index (χ4v) is 5.56. The summed E-state index contributed by atoms with van der Waals surface area (Å²) >= 11 is 1.91. The van der Waals surface area contributed by atoms with E-state index in [9.17, 15) is 0 Å². The number of rotatable bonds is 11. The molecule has 3 unspecified atom stereocenters. The second kappa shape index (κ2) is 22.3. The number of thioether (sulfide) groups is 1. The first-order valence-corrected chi connectivity index (χ1v) is 17.2. The number of nitrogens with two attached hydrogens (primary N) is 1. The van der Waals surface area contributed by atoms with Crippen LogP contribution in [0.3, 0.4) is 0 Å². The summed E-state index contributed by atoms with van der Waals surface area (Å²) in [4.78, 5) is 4.49. The predicted octanol–water partition coefficient (Wildman–Crippen LogP) is 9.35. The third kappa shape index (κ3) is 17.9. The maximum absolute atomic E-state index is 8.08. The molecule has 1 fully saturated rings. The van der Waals surface area contributed by atoms with E-state index in [1.54, 1.807) is 0 Å². The van der Waals surface area contributed by atoms with Crippen LogP contribution >= 0.6 is 21.0 Å². The van der Waals surface area contributed by atoms with Crippen LogP contribution in [-0.2, 0) is 10.5 Å². The summed E-state index contributed by atoms with van der Waals surface area (Å²) in [5.74, 6) is 1.37. The third-order valence-corrected chi connectivity index (χ3v) is 7.87.